The van der Waals surface area contributed by atoms with Crippen LogP contribution in [0.25, 0.3) is 22.4 Å². The van der Waals surface area contributed by atoms with Crippen LogP contribution >= 0.6 is 23.2 Å². The van der Waals surface area contributed by atoms with Gasteiger partial charge in [-0.15, -0.1) is 0 Å². The number of carbonyl (C=O) groups is 2. The lowest BCUT2D eigenvalue weighted by molar-refractivity contribution is -0.118. The highest BCUT2D eigenvalue weighted by molar-refractivity contribution is 6.34. The molecule has 1 unspecified atom stereocenters. The second kappa shape index (κ2) is 11.5. The van der Waals surface area contributed by atoms with Crippen LogP contribution in [0.1, 0.15) is 39.3 Å². The number of aromatic nitrogens is 3. The minimum atomic E-state index is -0.939. The third kappa shape index (κ3) is 6.60. The monoisotopic (exact) mass is 593 g/mol. The van der Waals surface area contributed by atoms with Crippen molar-refractivity contribution in [1.29, 1.82) is 5.26 Å². The number of nitrogens with one attached hydrogen (secondary N) is 2. The van der Waals surface area contributed by atoms with Gasteiger partial charge >= 0.3 is 6.09 Å². The van der Waals surface area contributed by atoms with Crippen LogP contribution in [-0.4, -0.2) is 31.9 Å². The maximum absolute atomic E-state index is 13.0. The van der Waals surface area contributed by atoms with Crippen LogP contribution in [0.3, 0.4) is 0 Å². The van der Waals surface area contributed by atoms with Crippen molar-refractivity contribution >= 4 is 40.9 Å². The summed E-state index contributed by atoms with van der Waals surface area (Å²) in [5.41, 5.74) is 0.515. The van der Waals surface area contributed by atoms with E-state index in [1.807, 2.05) is 0 Å². The highest BCUT2D eigenvalue weighted by Gasteiger charge is 2.22. The molecule has 2 N–H and O–H groups in total. The van der Waals surface area contributed by atoms with Gasteiger partial charge in [-0.1, -0.05) is 35.3 Å². The molecule has 10 nitrogen and oxygen atoms in total. The van der Waals surface area contributed by atoms with Crippen molar-refractivity contribution in [3.8, 4) is 28.5 Å². The fourth-order valence-corrected chi connectivity index (χ4v) is 4.45. The number of rotatable bonds is 5. The van der Waals surface area contributed by atoms with Gasteiger partial charge in [-0.05, 0) is 58.0 Å². The number of nitriles is 1. The van der Waals surface area contributed by atoms with Crippen LogP contribution in [0, 0.1) is 11.3 Å². The summed E-state index contributed by atoms with van der Waals surface area (Å²) >= 11 is 12.6. The fourth-order valence-electron chi connectivity index (χ4n) is 4.02. The lowest BCUT2D eigenvalue weighted by Gasteiger charge is -2.20. The Labute approximate surface area is 244 Å². The van der Waals surface area contributed by atoms with Crippen LogP contribution in [0.2, 0.25) is 10.0 Å². The summed E-state index contributed by atoms with van der Waals surface area (Å²) < 4.78 is 7.56. The van der Waals surface area contributed by atoms with E-state index in [4.69, 9.17) is 27.9 Å². The van der Waals surface area contributed by atoms with E-state index in [9.17, 15) is 24.4 Å². The molecule has 1 amide bonds. The first-order chi connectivity index (χ1) is 19.3. The molecule has 2 aromatic heterocycles. The fraction of sp³-hybridized carbons (Fsp3) is 0.207. The van der Waals surface area contributed by atoms with Gasteiger partial charge in [-0.3, -0.25) is 19.5 Å². The standard InChI is InChI=1S/C29H25Cl2N5O5/c1-16(35-15-23(31)22(12-26(35)38)21-11-19(30)8-5-18(21)14-32)27(39)33-20-9-6-17(7-10-20)24-13-25(37)34-36(24)28(40)41-29(2,3)4/h5-13,15-16H,1-4H3,(H,33,39)(H,34,37). The number of hydrogen-bond acceptors (Lipinski definition) is 6. The Bertz CT molecular complexity index is 1810. The average Bonchev–Trinajstić information content (AvgIpc) is 3.30. The molecule has 4 aromatic rings. The molecule has 0 aliphatic rings. The number of aromatic amines is 1. The second-order valence-electron chi connectivity index (χ2n) is 10.1. The molecule has 0 radical (unpaired) electrons. The van der Waals surface area contributed by atoms with Crippen molar-refractivity contribution in [3.63, 3.8) is 0 Å². The number of hydrogen-bond donors (Lipinski definition) is 2. The molecular formula is C29H25Cl2N5O5. The molecule has 0 spiro atoms. The minimum absolute atomic E-state index is 0.162. The number of H-pyrrole nitrogens is 1. The summed E-state index contributed by atoms with van der Waals surface area (Å²) in [4.78, 5) is 50.5. The Hall–Kier alpha value is -4.59. The highest BCUT2D eigenvalue weighted by atomic mass is 35.5. The molecule has 0 fully saturated rings. The first-order valence-electron chi connectivity index (χ1n) is 12.4. The lowest BCUT2D eigenvalue weighted by Crippen LogP contribution is -2.31. The Morgan fingerprint density at radius 1 is 1.02 bits per heavy atom. The Morgan fingerprint density at radius 3 is 2.34 bits per heavy atom. The first kappa shape index (κ1) is 29.4. The zero-order chi connectivity index (χ0) is 30.1. The van der Waals surface area contributed by atoms with Crippen molar-refractivity contribution in [2.24, 2.45) is 0 Å². The van der Waals surface area contributed by atoms with E-state index in [0.717, 1.165) is 4.68 Å². The highest BCUT2D eigenvalue weighted by Crippen LogP contribution is 2.32. The van der Waals surface area contributed by atoms with Crippen molar-refractivity contribution < 1.29 is 14.3 Å². The second-order valence-corrected chi connectivity index (χ2v) is 11.0. The van der Waals surface area contributed by atoms with Gasteiger partial charge in [0.15, 0.2) is 0 Å². The smallest absolute Gasteiger partial charge is 0.434 e. The van der Waals surface area contributed by atoms with Crippen molar-refractivity contribution in [1.82, 2.24) is 14.3 Å². The minimum Gasteiger partial charge on any atom is -0.442 e. The average molecular weight is 594 g/mol. The quantitative estimate of drug-likeness (QED) is 0.298. The van der Waals surface area contributed by atoms with Crippen molar-refractivity contribution in [2.45, 2.75) is 39.3 Å². The number of halogens is 2. The predicted octanol–water partition coefficient (Wildman–Crippen LogP) is 5.83. The van der Waals surface area contributed by atoms with E-state index in [-0.39, 0.29) is 10.7 Å². The molecule has 41 heavy (non-hydrogen) atoms. The van der Waals surface area contributed by atoms with E-state index in [1.54, 1.807) is 64.1 Å². The van der Waals surface area contributed by atoms with Crippen LogP contribution in [-0.2, 0) is 9.53 Å². The molecule has 210 valence electrons. The van der Waals surface area contributed by atoms with E-state index in [1.165, 1.54) is 29.0 Å². The first-order valence-corrected chi connectivity index (χ1v) is 13.1. The zero-order valence-electron chi connectivity index (χ0n) is 22.5. The summed E-state index contributed by atoms with van der Waals surface area (Å²) in [5, 5.41) is 15.1. The van der Waals surface area contributed by atoms with Crippen LogP contribution < -0.4 is 16.4 Å². The SMILES string of the molecule is CC(C(=O)Nc1ccc(-c2cc(=O)[nH]n2C(=O)OC(C)(C)C)cc1)n1cc(Cl)c(-c2cc(Cl)ccc2C#N)cc1=O. The molecule has 0 aliphatic heterocycles. The number of nitrogens with zero attached hydrogens (tertiary/aromatic N) is 3. The van der Waals surface area contributed by atoms with Crippen LogP contribution in [0.4, 0.5) is 10.5 Å². The normalized spacial score (nSPS) is 11.9. The molecule has 0 saturated carbocycles. The molecule has 0 aliphatic carbocycles. The van der Waals surface area contributed by atoms with Gasteiger partial charge in [0.25, 0.3) is 11.1 Å². The molecule has 2 heterocycles. The van der Waals surface area contributed by atoms with Gasteiger partial charge in [-0.25, -0.2) is 4.79 Å². The van der Waals surface area contributed by atoms with Gasteiger partial charge in [-0.2, -0.15) is 9.94 Å². The summed E-state index contributed by atoms with van der Waals surface area (Å²) in [6.07, 6.45) is 0.603. The number of ether oxygens (including phenoxy) is 1. The maximum atomic E-state index is 13.0. The topological polar surface area (TPSA) is 139 Å². The summed E-state index contributed by atoms with van der Waals surface area (Å²) in [6.45, 7) is 6.68. The number of amides is 1. The van der Waals surface area contributed by atoms with Gasteiger partial charge in [0, 0.05) is 45.7 Å². The number of carbonyl (C=O) groups excluding carboxylic acids is 2. The van der Waals surface area contributed by atoms with E-state index in [2.05, 4.69) is 16.5 Å². The summed E-state index contributed by atoms with van der Waals surface area (Å²) in [6, 6.07) is 14.7. The van der Waals surface area contributed by atoms with Crippen LogP contribution in [0.5, 0.6) is 0 Å². The third-order valence-electron chi connectivity index (χ3n) is 5.98. The van der Waals surface area contributed by atoms with Crippen molar-refractivity contribution in [3.05, 3.63) is 97.1 Å². The molecule has 12 heteroatoms. The molecule has 1 atom stereocenters. The Kier molecular flexibility index (Phi) is 8.24. The molecule has 0 bridgehead atoms. The number of anilines is 1. The molecule has 4 rings (SSSR count). The van der Waals surface area contributed by atoms with Crippen molar-refractivity contribution in [2.75, 3.05) is 5.32 Å². The Balaban J connectivity index is 1.54. The lowest BCUT2D eigenvalue weighted by atomic mass is 10.0. The van der Waals surface area contributed by atoms with Crippen LogP contribution in [0.15, 0.2) is 70.4 Å². The Morgan fingerprint density at radius 2 is 1.71 bits per heavy atom. The van der Waals surface area contributed by atoms with Gasteiger partial charge in [0.05, 0.1) is 22.3 Å². The molecular weight excluding hydrogens is 569 g/mol. The van der Waals surface area contributed by atoms with E-state index < -0.39 is 34.8 Å². The van der Waals surface area contributed by atoms with Gasteiger partial charge in [0.1, 0.15) is 11.6 Å². The zero-order valence-corrected chi connectivity index (χ0v) is 24.0. The summed E-state index contributed by atoms with van der Waals surface area (Å²) in [5.74, 6) is -0.489. The third-order valence-corrected chi connectivity index (χ3v) is 6.51. The van der Waals surface area contributed by atoms with Gasteiger partial charge < -0.3 is 14.6 Å². The number of pyridine rings is 1. The summed E-state index contributed by atoms with van der Waals surface area (Å²) in [7, 11) is 0. The van der Waals surface area contributed by atoms with Gasteiger partial charge in [0.2, 0.25) is 5.91 Å². The van der Waals surface area contributed by atoms with E-state index in [0.29, 0.717) is 33.0 Å². The van der Waals surface area contributed by atoms with E-state index >= 15 is 0 Å². The molecule has 2 aromatic carbocycles. The maximum Gasteiger partial charge on any atom is 0.434 e. The number of benzene rings is 2. The largest absolute Gasteiger partial charge is 0.442 e. The molecule has 0 saturated heterocycles. The predicted molar refractivity (Wildman–Crippen MR) is 156 cm³/mol.